The number of ether oxygens (including phenoxy) is 2. The first-order chi connectivity index (χ1) is 18.4. The van der Waals surface area contributed by atoms with Gasteiger partial charge in [0.05, 0.1) is 5.56 Å². The van der Waals surface area contributed by atoms with E-state index in [4.69, 9.17) is 15.2 Å². The molecule has 0 unspecified atom stereocenters. The average Bonchev–Trinajstić information content (AvgIpc) is 2.92. The number of benzene rings is 4. The van der Waals surface area contributed by atoms with Crippen molar-refractivity contribution in [3.63, 3.8) is 0 Å². The van der Waals surface area contributed by atoms with Gasteiger partial charge in [0.25, 0.3) is 5.91 Å². The Kier molecular flexibility index (Phi) is 8.66. The number of nitrogens with two attached hydrogens (primary N) is 1. The maximum absolute atomic E-state index is 14.0. The van der Waals surface area contributed by atoms with E-state index < -0.39 is 35.1 Å². The lowest BCUT2D eigenvalue weighted by molar-refractivity contribution is -0.119. The molecule has 194 valence electrons. The van der Waals surface area contributed by atoms with Gasteiger partial charge in [0.2, 0.25) is 5.91 Å². The first-order valence-corrected chi connectivity index (χ1v) is 11.9. The van der Waals surface area contributed by atoms with Gasteiger partial charge in [0.15, 0.2) is 11.5 Å². The predicted molar refractivity (Wildman–Crippen MR) is 139 cm³/mol. The predicted octanol–water partition coefficient (Wildman–Crippen LogP) is 4.95. The van der Waals surface area contributed by atoms with E-state index in [9.17, 15) is 18.4 Å². The molecule has 3 N–H and O–H groups in total. The highest BCUT2D eigenvalue weighted by atomic mass is 19.1. The lowest BCUT2D eigenvalue weighted by Crippen LogP contribution is -2.46. The Morgan fingerprint density at radius 1 is 0.737 bits per heavy atom. The summed E-state index contributed by atoms with van der Waals surface area (Å²) in [5.41, 5.74) is 7.69. The van der Waals surface area contributed by atoms with Crippen molar-refractivity contribution in [3.05, 3.63) is 131 Å². The van der Waals surface area contributed by atoms with Crippen LogP contribution in [-0.2, 0) is 24.4 Å². The van der Waals surface area contributed by atoms with Crippen molar-refractivity contribution in [2.75, 3.05) is 0 Å². The molecule has 4 aromatic rings. The SMILES string of the molecule is NC(=O)[C@@H](Cc1ccc(OCc2ccccc2)c(OCc2ccccc2)c1)NC(=O)c1ccc(F)cc1F. The Hall–Kier alpha value is -4.72. The van der Waals surface area contributed by atoms with Crippen molar-refractivity contribution >= 4 is 11.8 Å². The number of rotatable bonds is 11. The van der Waals surface area contributed by atoms with Crippen LogP contribution in [-0.4, -0.2) is 17.9 Å². The molecule has 0 spiro atoms. The number of carbonyl (C=O) groups excluding carboxylic acids is 2. The number of hydrogen-bond donors (Lipinski definition) is 2. The van der Waals surface area contributed by atoms with E-state index in [1.807, 2.05) is 60.7 Å². The monoisotopic (exact) mass is 516 g/mol. The first kappa shape index (κ1) is 26.3. The summed E-state index contributed by atoms with van der Waals surface area (Å²) in [6.45, 7) is 0.608. The van der Waals surface area contributed by atoms with Gasteiger partial charge >= 0.3 is 0 Å². The Bertz CT molecular complexity index is 1400. The Morgan fingerprint density at radius 3 is 1.92 bits per heavy atom. The second-order valence-electron chi connectivity index (χ2n) is 8.59. The van der Waals surface area contributed by atoms with Gasteiger partial charge in [0.1, 0.15) is 30.9 Å². The standard InChI is InChI=1S/C30H26F2N2O4/c31-23-12-13-24(25(32)17-23)30(36)34-26(29(33)35)15-22-11-14-27(37-18-20-7-3-1-4-8-20)28(16-22)38-19-21-9-5-2-6-10-21/h1-14,16-17,26H,15,18-19H2,(H2,33,35)(H,34,36)/t26-/m1/s1. The van der Waals surface area contributed by atoms with Gasteiger partial charge in [-0.05, 0) is 41.0 Å². The van der Waals surface area contributed by atoms with Crippen LogP contribution in [0.5, 0.6) is 11.5 Å². The first-order valence-electron chi connectivity index (χ1n) is 11.9. The Morgan fingerprint density at radius 2 is 1.34 bits per heavy atom. The second kappa shape index (κ2) is 12.5. The highest BCUT2D eigenvalue weighted by Crippen LogP contribution is 2.30. The molecule has 0 saturated carbocycles. The fourth-order valence-electron chi connectivity index (χ4n) is 3.75. The summed E-state index contributed by atoms with van der Waals surface area (Å²) in [7, 11) is 0. The van der Waals surface area contributed by atoms with Crippen molar-refractivity contribution in [1.82, 2.24) is 5.32 Å². The fraction of sp³-hybridized carbons (Fsp3) is 0.133. The molecule has 4 aromatic carbocycles. The van der Waals surface area contributed by atoms with Gasteiger partial charge in [-0.1, -0.05) is 66.7 Å². The molecule has 0 aliphatic heterocycles. The van der Waals surface area contributed by atoms with Crippen LogP contribution >= 0.6 is 0 Å². The number of halogens is 2. The van der Waals surface area contributed by atoms with E-state index in [2.05, 4.69) is 5.32 Å². The topological polar surface area (TPSA) is 90.7 Å². The van der Waals surface area contributed by atoms with Gasteiger partial charge in [-0.3, -0.25) is 9.59 Å². The van der Waals surface area contributed by atoms with Gasteiger partial charge < -0.3 is 20.5 Å². The number of amides is 2. The summed E-state index contributed by atoms with van der Waals surface area (Å²) in [4.78, 5) is 24.7. The highest BCUT2D eigenvalue weighted by molar-refractivity contribution is 5.97. The molecule has 6 nitrogen and oxygen atoms in total. The Balaban J connectivity index is 1.52. The average molecular weight is 517 g/mol. The van der Waals surface area contributed by atoms with E-state index in [-0.39, 0.29) is 13.0 Å². The van der Waals surface area contributed by atoms with Crippen LogP contribution in [0.25, 0.3) is 0 Å². The van der Waals surface area contributed by atoms with Gasteiger partial charge in [-0.25, -0.2) is 8.78 Å². The summed E-state index contributed by atoms with van der Waals surface area (Å²) in [5, 5.41) is 2.43. The minimum absolute atomic E-state index is 0.0184. The van der Waals surface area contributed by atoms with E-state index in [0.29, 0.717) is 29.7 Å². The van der Waals surface area contributed by atoms with Crippen LogP contribution in [0.2, 0.25) is 0 Å². The van der Waals surface area contributed by atoms with Gasteiger partial charge in [0, 0.05) is 12.5 Å². The summed E-state index contributed by atoms with van der Waals surface area (Å²) < 4.78 is 39.3. The smallest absolute Gasteiger partial charge is 0.254 e. The zero-order chi connectivity index (χ0) is 26.9. The van der Waals surface area contributed by atoms with Gasteiger partial charge in [-0.2, -0.15) is 0 Å². The number of primary amides is 1. The third-order valence-electron chi connectivity index (χ3n) is 5.75. The maximum Gasteiger partial charge on any atom is 0.254 e. The molecule has 1 atom stereocenters. The molecule has 0 aromatic heterocycles. The van der Waals surface area contributed by atoms with Crippen molar-refractivity contribution in [3.8, 4) is 11.5 Å². The van der Waals surface area contributed by atoms with Crippen molar-refractivity contribution in [2.45, 2.75) is 25.7 Å². The lowest BCUT2D eigenvalue weighted by Gasteiger charge is -2.18. The maximum atomic E-state index is 14.0. The fourth-order valence-corrected chi connectivity index (χ4v) is 3.75. The molecule has 8 heteroatoms. The second-order valence-corrected chi connectivity index (χ2v) is 8.59. The largest absolute Gasteiger partial charge is 0.485 e. The van der Waals surface area contributed by atoms with Crippen LogP contribution in [0.3, 0.4) is 0 Å². The van der Waals surface area contributed by atoms with Crippen LogP contribution in [0.1, 0.15) is 27.0 Å². The molecular weight excluding hydrogens is 490 g/mol. The van der Waals surface area contributed by atoms with Crippen molar-refractivity contribution in [1.29, 1.82) is 0 Å². The van der Waals surface area contributed by atoms with Gasteiger partial charge in [-0.15, -0.1) is 0 Å². The summed E-state index contributed by atoms with van der Waals surface area (Å²) in [6.07, 6.45) is 0.0184. The summed E-state index contributed by atoms with van der Waals surface area (Å²) >= 11 is 0. The number of hydrogen-bond acceptors (Lipinski definition) is 4. The van der Waals surface area contributed by atoms with Crippen molar-refractivity contribution in [2.24, 2.45) is 5.73 Å². The summed E-state index contributed by atoms with van der Waals surface area (Å²) in [6, 6.07) is 25.8. The number of carbonyl (C=O) groups is 2. The molecule has 2 amide bonds. The molecule has 38 heavy (non-hydrogen) atoms. The molecule has 0 radical (unpaired) electrons. The van der Waals surface area contributed by atoms with E-state index in [1.165, 1.54) is 0 Å². The quantitative estimate of drug-likeness (QED) is 0.295. The normalized spacial score (nSPS) is 11.4. The molecule has 0 heterocycles. The zero-order valence-electron chi connectivity index (χ0n) is 20.4. The van der Waals surface area contributed by atoms with E-state index >= 15 is 0 Å². The molecule has 0 fully saturated rings. The minimum Gasteiger partial charge on any atom is -0.485 e. The lowest BCUT2D eigenvalue weighted by atomic mass is 10.0. The number of nitrogens with one attached hydrogen (secondary N) is 1. The van der Waals surface area contributed by atoms with Crippen LogP contribution in [0.4, 0.5) is 8.78 Å². The third-order valence-corrected chi connectivity index (χ3v) is 5.75. The van der Waals surface area contributed by atoms with E-state index in [1.54, 1.807) is 18.2 Å². The van der Waals surface area contributed by atoms with Crippen LogP contribution < -0.4 is 20.5 Å². The Labute approximate surface area is 219 Å². The molecule has 0 bridgehead atoms. The zero-order valence-corrected chi connectivity index (χ0v) is 20.4. The molecule has 0 saturated heterocycles. The van der Waals surface area contributed by atoms with Crippen molar-refractivity contribution < 1.29 is 27.8 Å². The highest BCUT2D eigenvalue weighted by Gasteiger charge is 2.22. The third kappa shape index (κ3) is 7.16. The molecular formula is C30H26F2N2O4. The molecule has 0 aliphatic carbocycles. The van der Waals surface area contributed by atoms with E-state index in [0.717, 1.165) is 23.3 Å². The minimum atomic E-state index is -1.15. The van der Waals surface area contributed by atoms with Crippen LogP contribution in [0.15, 0.2) is 97.1 Å². The summed E-state index contributed by atoms with van der Waals surface area (Å²) in [5.74, 6) is -2.60. The molecule has 4 rings (SSSR count). The molecule has 0 aliphatic rings. The van der Waals surface area contributed by atoms with Crippen LogP contribution in [0, 0.1) is 11.6 Å².